The molecule has 98 valence electrons. The lowest BCUT2D eigenvalue weighted by Crippen LogP contribution is -1.96. The smallest absolute Gasteiger partial charge is 0.235 e. The van der Waals surface area contributed by atoms with Crippen LogP contribution in [0.2, 0.25) is 15.1 Å². The number of ether oxygens (including phenoxy) is 1. The Morgan fingerprint density at radius 2 is 1.84 bits per heavy atom. The molecule has 0 radical (unpaired) electrons. The number of nitrogens with zero attached hydrogens (tertiary/aromatic N) is 3. The lowest BCUT2D eigenvalue weighted by Gasteiger charge is -2.09. The van der Waals surface area contributed by atoms with Crippen molar-refractivity contribution in [1.29, 1.82) is 5.26 Å². The average Bonchev–Trinajstić information content (AvgIpc) is 2.60. The van der Waals surface area contributed by atoms with Crippen LogP contribution < -0.4 is 4.74 Å². The van der Waals surface area contributed by atoms with Crippen LogP contribution in [0.1, 0.15) is 11.3 Å². The van der Waals surface area contributed by atoms with Crippen molar-refractivity contribution in [2.75, 3.05) is 0 Å². The Kier molecular flexibility index (Phi) is 3.91. The van der Waals surface area contributed by atoms with E-state index in [0.717, 1.165) is 0 Å². The summed E-state index contributed by atoms with van der Waals surface area (Å²) in [6, 6.07) is 5.02. The highest BCUT2D eigenvalue weighted by atomic mass is 35.5. The van der Waals surface area contributed by atoms with E-state index >= 15 is 0 Å². The zero-order valence-corrected chi connectivity index (χ0v) is 12.3. The summed E-state index contributed by atoms with van der Waals surface area (Å²) < 4.78 is 7.09. The Bertz CT molecular complexity index is 689. The van der Waals surface area contributed by atoms with E-state index in [1.165, 1.54) is 16.8 Å². The van der Waals surface area contributed by atoms with Crippen LogP contribution in [0.5, 0.6) is 11.6 Å². The standard InChI is InChI=1S/C12H8Cl3N3O/c1-6-7(5-16)12(18(2)17-6)19-11-4-9(14)8(13)3-10(11)15/h3-4H,1-2H3. The molecule has 0 aliphatic carbocycles. The van der Waals surface area contributed by atoms with Crippen LogP contribution in [0.4, 0.5) is 0 Å². The van der Waals surface area contributed by atoms with Gasteiger partial charge in [0, 0.05) is 13.1 Å². The number of hydrogen-bond donors (Lipinski definition) is 0. The Labute approximate surface area is 125 Å². The predicted molar refractivity (Wildman–Crippen MR) is 74.2 cm³/mol. The number of hydrogen-bond acceptors (Lipinski definition) is 3. The molecule has 0 fully saturated rings. The first-order valence-corrected chi connectivity index (χ1v) is 6.33. The normalized spacial score (nSPS) is 10.3. The molecule has 0 atom stereocenters. The van der Waals surface area contributed by atoms with Gasteiger partial charge in [0.2, 0.25) is 5.88 Å². The first-order chi connectivity index (χ1) is 8.93. The third kappa shape index (κ3) is 2.64. The van der Waals surface area contributed by atoms with Crippen molar-refractivity contribution in [2.24, 2.45) is 7.05 Å². The van der Waals surface area contributed by atoms with Gasteiger partial charge in [0.15, 0.2) is 0 Å². The first kappa shape index (κ1) is 14.0. The van der Waals surface area contributed by atoms with E-state index in [4.69, 9.17) is 44.8 Å². The Balaban J connectivity index is 2.48. The monoisotopic (exact) mass is 315 g/mol. The Morgan fingerprint density at radius 1 is 1.21 bits per heavy atom. The fourth-order valence-electron chi connectivity index (χ4n) is 1.57. The molecule has 0 saturated heterocycles. The van der Waals surface area contributed by atoms with Crippen LogP contribution in [-0.2, 0) is 7.05 Å². The van der Waals surface area contributed by atoms with Crippen molar-refractivity contribution in [2.45, 2.75) is 6.92 Å². The van der Waals surface area contributed by atoms with Gasteiger partial charge in [0.05, 0.1) is 20.8 Å². The third-order valence-electron chi connectivity index (χ3n) is 2.46. The summed E-state index contributed by atoms with van der Waals surface area (Å²) in [6.45, 7) is 1.72. The van der Waals surface area contributed by atoms with E-state index in [0.29, 0.717) is 38.0 Å². The highest BCUT2D eigenvalue weighted by molar-refractivity contribution is 6.43. The van der Waals surface area contributed by atoms with E-state index in [2.05, 4.69) is 5.10 Å². The molecular formula is C12H8Cl3N3O. The highest BCUT2D eigenvalue weighted by Crippen LogP contribution is 2.37. The maximum atomic E-state index is 9.10. The SMILES string of the molecule is Cc1nn(C)c(Oc2cc(Cl)c(Cl)cc2Cl)c1C#N. The van der Waals surface area contributed by atoms with Crippen LogP contribution in [-0.4, -0.2) is 9.78 Å². The fourth-order valence-corrected chi connectivity index (χ4v) is 2.14. The summed E-state index contributed by atoms with van der Waals surface area (Å²) in [7, 11) is 1.68. The lowest BCUT2D eigenvalue weighted by molar-refractivity contribution is 0.429. The van der Waals surface area contributed by atoms with E-state index in [9.17, 15) is 0 Å². The molecule has 1 heterocycles. The summed E-state index contributed by atoms with van der Waals surface area (Å²) >= 11 is 17.8. The van der Waals surface area contributed by atoms with Gasteiger partial charge in [0.25, 0.3) is 0 Å². The second-order valence-corrected chi connectivity index (χ2v) is 5.02. The number of nitriles is 1. The Morgan fingerprint density at radius 3 is 2.47 bits per heavy atom. The summed E-state index contributed by atoms with van der Waals surface area (Å²) in [5.74, 6) is 0.621. The van der Waals surface area contributed by atoms with Crippen LogP contribution in [0, 0.1) is 18.3 Å². The van der Waals surface area contributed by atoms with Crippen LogP contribution in [0.15, 0.2) is 12.1 Å². The molecule has 2 rings (SSSR count). The topological polar surface area (TPSA) is 50.8 Å². The van der Waals surface area contributed by atoms with Gasteiger partial charge in [-0.3, -0.25) is 0 Å². The second kappa shape index (κ2) is 5.30. The number of aryl methyl sites for hydroxylation is 2. The lowest BCUT2D eigenvalue weighted by atomic mass is 10.3. The van der Waals surface area contributed by atoms with E-state index in [1.807, 2.05) is 6.07 Å². The summed E-state index contributed by atoms with van der Waals surface area (Å²) in [4.78, 5) is 0. The fraction of sp³-hybridized carbons (Fsp3) is 0.167. The second-order valence-electron chi connectivity index (χ2n) is 3.80. The van der Waals surface area contributed by atoms with Gasteiger partial charge >= 0.3 is 0 Å². The van der Waals surface area contributed by atoms with Crippen molar-refractivity contribution in [1.82, 2.24) is 9.78 Å². The van der Waals surface area contributed by atoms with Gasteiger partial charge in [-0.15, -0.1) is 0 Å². The molecule has 19 heavy (non-hydrogen) atoms. The van der Waals surface area contributed by atoms with E-state index in [-0.39, 0.29) is 0 Å². The molecule has 1 aromatic carbocycles. The van der Waals surface area contributed by atoms with Crippen LogP contribution >= 0.6 is 34.8 Å². The largest absolute Gasteiger partial charge is 0.436 e. The minimum atomic E-state index is 0.303. The van der Waals surface area contributed by atoms with Crippen molar-refractivity contribution in [3.8, 4) is 17.7 Å². The number of rotatable bonds is 2. The molecule has 1 aromatic heterocycles. The van der Waals surface area contributed by atoms with Gasteiger partial charge in [-0.1, -0.05) is 34.8 Å². The molecule has 0 aliphatic rings. The summed E-state index contributed by atoms with van der Waals surface area (Å²) in [5.41, 5.74) is 0.931. The maximum absolute atomic E-state index is 9.10. The molecule has 4 nitrogen and oxygen atoms in total. The van der Waals surface area contributed by atoms with Crippen molar-refractivity contribution in [3.05, 3.63) is 38.5 Å². The molecule has 7 heteroatoms. The predicted octanol–water partition coefficient (Wildman–Crippen LogP) is 4.35. The Hall–Kier alpha value is -1.41. The van der Waals surface area contributed by atoms with E-state index in [1.54, 1.807) is 14.0 Å². The van der Waals surface area contributed by atoms with Crippen molar-refractivity contribution >= 4 is 34.8 Å². The van der Waals surface area contributed by atoms with Crippen LogP contribution in [0.25, 0.3) is 0 Å². The highest BCUT2D eigenvalue weighted by Gasteiger charge is 2.17. The van der Waals surface area contributed by atoms with Crippen molar-refractivity contribution < 1.29 is 4.74 Å². The van der Waals surface area contributed by atoms with Crippen LogP contribution in [0.3, 0.4) is 0 Å². The quantitative estimate of drug-likeness (QED) is 0.774. The molecule has 0 spiro atoms. The van der Waals surface area contributed by atoms with Gasteiger partial charge in [0.1, 0.15) is 17.4 Å². The molecule has 0 saturated carbocycles. The number of aromatic nitrogens is 2. The minimum absolute atomic E-state index is 0.303. The molecule has 0 unspecified atom stereocenters. The average molecular weight is 317 g/mol. The molecule has 2 aromatic rings. The third-order valence-corrected chi connectivity index (χ3v) is 3.48. The maximum Gasteiger partial charge on any atom is 0.235 e. The van der Waals surface area contributed by atoms with Gasteiger partial charge in [-0.05, 0) is 13.0 Å². The molecule has 0 bridgehead atoms. The molecular weight excluding hydrogens is 309 g/mol. The van der Waals surface area contributed by atoms with Crippen molar-refractivity contribution in [3.63, 3.8) is 0 Å². The molecule has 0 aliphatic heterocycles. The number of halogens is 3. The minimum Gasteiger partial charge on any atom is -0.436 e. The van der Waals surface area contributed by atoms with Gasteiger partial charge in [-0.25, -0.2) is 4.68 Å². The summed E-state index contributed by atoms with van der Waals surface area (Å²) in [6.07, 6.45) is 0. The zero-order chi connectivity index (χ0) is 14.2. The van der Waals surface area contributed by atoms with Gasteiger partial charge in [-0.2, -0.15) is 10.4 Å². The first-order valence-electron chi connectivity index (χ1n) is 5.20. The van der Waals surface area contributed by atoms with E-state index < -0.39 is 0 Å². The molecule has 0 N–H and O–H groups in total. The molecule has 0 amide bonds. The summed E-state index contributed by atoms with van der Waals surface area (Å²) in [5, 5.41) is 14.2. The van der Waals surface area contributed by atoms with Gasteiger partial charge < -0.3 is 4.74 Å². The number of benzene rings is 1. The zero-order valence-electron chi connectivity index (χ0n) is 10.0.